The fraction of sp³-hybridized carbons (Fsp3) is 0.353. The molecule has 0 saturated heterocycles. The maximum Gasteiger partial charge on any atom is 0.128 e. The molecule has 0 amide bonds. The Bertz CT molecular complexity index is 566. The summed E-state index contributed by atoms with van der Waals surface area (Å²) in [5.74, 6) is 0.963. The second kappa shape index (κ2) is 6.92. The first kappa shape index (κ1) is 15.8. The molecule has 112 valence electrons. The van der Waals surface area contributed by atoms with Crippen LogP contribution in [0.1, 0.15) is 37.1 Å². The van der Waals surface area contributed by atoms with E-state index in [-0.39, 0.29) is 6.04 Å². The first-order chi connectivity index (χ1) is 10.0. The van der Waals surface area contributed by atoms with Crippen molar-refractivity contribution in [1.82, 2.24) is 10.3 Å². The molecule has 0 aliphatic heterocycles. The highest BCUT2D eigenvalue weighted by Crippen LogP contribution is 2.25. The van der Waals surface area contributed by atoms with Gasteiger partial charge in [0, 0.05) is 24.3 Å². The number of hydrogen-bond donors (Lipinski definition) is 1. The number of anilines is 1. The van der Waals surface area contributed by atoms with Crippen LogP contribution < -0.4 is 10.2 Å². The minimum atomic E-state index is 0.238. The highest BCUT2D eigenvalue weighted by atomic mass is 35.5. The molecule has 0 aliphatic carbocycles. The number of pyridine rings is 1. The molecule has 1 aromatic heterocycles. The van der Waals surface area contributed by atoms with Crippen LogP contribution in [0.15, 0.2) is 42.6 Å². The maximum absolute atomic E-state index is 5.94. The minimum absolute atomic E-state index is 0.238. The summed E-state index contributed by atoms with van der Waals surface area (Å²) in [5, 5.41) is 3.98. The summed E-state index contributed by atoms with van der Waals surface area (Å²) in [6.45, 7) is 4.28. The van der Waals surface area contributed by atoms with Crippen LogP contribution in [0.2, 0.25) is 5.02 Å². The summed E-state index contributed by atoms with van der Waals surface area (Å²) in [7, 11) is 4.01. The lowest BCUT2D eigenvalue weighted by Gasteiger charge is -2.26. The van der Waals surface area contributed by atoms with Crippen molar-refractivity contribution in [2.45, 2.75) is 25.9 Å². The zero-order chi connectivity index (χ0) is 15.4. The highest BCUT2D eigenvalue weighted by Gasteiger charge is 2.13. The number of nitrogens with zero attached hydrogens (tertiary/aromatic N) is 2. The van der Waals surface area contributed by atoms with Crippen molar-refractivity contribution < 1.29 is 0 Å². The van der Waals surface area contributed by atoms with Crippen LogP contribution in [0.5, 0.6) is 0 Å². The lowest BCUT2D eigenvalue weighted by Crippen LogP contribution is -2.22. The van der Waals surface area contributed by atoms with Gasteiger partial charge in [0.15, 0.2) is 0 Å². The van der Waals surface area contributed by atoms with E-state index in [0.717, 1.165) is 10.8 Å². The van der Waals surface area contributed by atoms with Gasteiger partial charge < -0.3 is 10.2 Å². The average molecular weight is 304 g/mol. The molecule has 0 aliphatic rings. The Morgan fingerprint density at radius 1 is 1.05 bits per heavy atom. The number of aromatic nitrogens is 1. The molecule has 2 unspecified atom stereocenters. The van der Waals surface area contributed by atoms with E-state index in [1.807, 2.05) is 25.4 Å². The molecule has 0 bridgehead atoms. The van der Waals surface area contributed by atoms with Gasteiger partial charge in [0.2, 0.25) is 0 Å². The summed E-state index contributed by atoms with van der Waals surface area (Å²) in [6.07, 6.45) is 1.93. The van der Waals surface area contributed by atoms with Crippen molar-refractivity contribution in [1.29, 1.82) is 0 Å². The summed E-state index contributed by atoms with van der Waals surface area (Å²) < 4.78 is 0. The molecule has 2 atom stereocenters. The van der Waals surface area contributed by atoms with Gasteiger partial charge in [-0.3, -0.25) is 0 Å². The Balaban J connectivity index is 2.15. The van der Waals surface area contributed by atoms with Crippen molar-refractivity contribution in [3.05, 3.63) is 58.7 Å². The van der Waals surface area contributed by atoms with Crippen LogP contribution in [-0.2, 0) is 0 Å². The molecule has 1 aromatic carbocycles. The van der Waals surface area contributed by atoms with Gasteiger partial charge in [-0.2, -0.15) is 0 Å². The quantitative estimate of drug-likeness (QED) is 0.896. The predicted octanol–water partition coefficient (Wildman–Crippen LogP) is 4.21. The van der Waals surface area contributed by atoms with Gasteiger partial charge in [-0.25, -0.2) is 4.98 Å². The summed E-state index contributed by atoms with van der Waals surface area (Å²) in [4.78, 5) is 6.74. The molecule has 0 spiro atoms. The van der Waals surface area contributed by atoms with Crippen LogP contribution in [0.4, 0.5) is 5.82 Å². The first-order valence-electron chi connectivity index (χ1n) is 7.14. The highest BCUT2D eigenvalue weighted by molar-refractivity contribution is 6.30. The number of halogens is 1. The van der Waals surface area contributed by atoms with Crippen molar-refractivity contribution >= 4 is 17.4 Å². The monoisotopic (exact) mass is 303 g/mol. The van der Waals surface area contributed by atoms with E-state index in [4.69, 9.17) is 11.6 Å². The smallest absolute Gasteiger partial charge is 0.128 e. The molecule has 0 saturated carbocycles. The van der Waals surface area contributed by atoms with Crippen molar-refractivity contribution in [2.75, 3.05) is 19.0 Å². The fourth-order valence-corrected chi connectivity index (χ4v) is 2.32. The molecule has 0 fully saturated rings. The van der Waals surface area contributed by atoms with Gasteiger partial charge in [-0.05, 0) is 50.2 Å². The van der Waals surface area contributed by atoms with Crippen LogP contribution in [-0.4, -0.2) is 19.1 Å². The second-order valence-electron chi connectivity index (χ2n) is 5.30. The molecule has 4 heteroatoms. The van der Waals surface area contributed by atoms with E-state index in [0.29, 0.717) is 6.04 Å². The summed E-state index contributed by atoms with van der Waals surface area (Å²) in [6, 6.07) is 12.7. The standard InChI is InChI=1S/C17H22ClN3/c1-12(19-3)15-7-10-17(20-11-15)21(4)13(2)14-5-8-16(18)9-6-14/h5-13,19H,1-4H3. The fourth-order valence-electron chi connectivity index (χ4n) is 2.19. The van der Waals surface area contributed by atoms with Crippen molar-refractivity contribution in [2.24, 2.45) is 0 Å². The molecule has 2 rings (SSSR count). The van der Waals surface area contributed by atoms with Crippen LogP contribution in [0.25, 0.3) is 0 Å². The SMILES string of the molecule is CNC(C)c1ccc(N(C)C(C)c2ccc(Cl)cc2)nc1. The number of hydrogen-bond acceptors (Lipinski definition) is 3. The van der Waals surface area contributed by atoms with Crippen LogP contribution in [0.3, 0.4) is 0 Å². The molecule has 2 aromatic rings. The Kier molecular flexibility index (Phi) is 5.21. The van der Waals surface area contributed by atoms with Gasteiger partial charge >= 0.3 is 0 Å². The summed E-state index contributed by atoms with van der Waals surface area (Å²) in [5.41, 5.74) is 2.41. The molecular weight excluding hydrogens is 282 g/mol. The number of nitrogens with one attached hydrogen (secondary N) is 1. The zero-order valence-electron chi connectivity index (χ0n) is 13.0. The van der Waals surface area contributed by atoms with Crippen LogP contribution in [0, 0.1) is 0 Å². The van der Waals surface area contributed by atoms with E-state index in [2.05, 4.69) is 60.4 Å². The molecular formula is C17H22ClN3. The van der Waals surface area contributed by atoms with E-state index < -0.39 is 0 Å². The second-order valence-corrected chi connectivity index (χ2v) is 5.73. The van der Waals surface area contributed by atoms with Gasteiger partial charge in [0.25, 0.3) is 0 Å². The third-order valence-corrected chi connectivity index (χ3v) is 4.25. The van der Waals surface area contributed by atoms with Gasteiger partial charge in [0.1, 0.15) is 5.82 Å². The maximum atomic E-state index is 5.94. The lowest BCUT2D eigenvalue weighted by atomic mass is 10.1. The molecule has 0 radical (unpaired) electrons. The summed E-state index contributed by atoms with van der Waals surface area (Å²) >= 11 is 5.94. The zero-order valence-corrected chi connectivity index (χ0v) is 13.7. The Hall–Kier alpha value is -1.58. The van der Waals surface area contributed by atoms with E-state index >= 15 is 0 Å². The number of rotatable bonds is 5. The third kappa shape index (κ3) is 3.74. The molecule has 21 heavy (non-hydrogen) atoms. The number of benzene rings is 1. The van der Waals surface area contributed by atoms with E-state index in [1.54, 1.807) is 0 Å². The van der Waals surface area contributed by atoms with E-state index in [1.165, 1.54) is 11.1 Å². The third-order valence-electron chi connectivity index (χ3n) is 4.00. The van der Waals surface area contributed by atoms with Gasteiger partial charge in [-0.15, -0.1) is 0 Å². The van der Waals surface area contributed by atoms with E-state index in [9.17, 15) is 0 Å². The molecule has 1 heterocycles. The molecule has 3 nitrogen and oxygen atoms in total. The van der Waals surface area contributed by atoms with Crippen molar-refractivity contribution in [3.8, 4) is 0 Å². The van der Waals surface area contributed by atoms with Gasteiger partial charge in [-0.1, -0.05) is 29.8 Å². The largest absolute Gasteiger partial charge is 0.353 e. The normalized spacial score (nSPS) is 13.8. The predicted molar refractivity (Wildman–Crippen MR) is 90.0 cm³/mol. The van der Waals surface area contributed by atoms with Crippen molar-refractivity contribution in [3.63, 3.8) is 0 Å². The minimum Gasteiger partial charge on any atom is -0.353 e. The Morgan fingerprint density at radius 2 is 1.67 bits per heavy atom. The Morgan fingerprint density at radius 3 is 2.19 bits per heavy atom. The topological polar surface area (TPSA) is 28.2 Å². The Labute approximate surface area is 132 Å². The lowest BCUT2D eigenvalue weighted by molar-refractivity contribution is 0.648. The van der Waals surface area contributed by atoms with Crippen LogP contribution >= 0.6 is 11.6 Å². The molecule has 1 N–H and O–H groups in total. The van der Waals surface area contributed by atoms with Gasteiger partial charge in [0.05, 0.1) is 6.04 Å². The average Bonchev–Trinajstić information content (AvgIpc) is 2.53. The first-order valence-corrected chi connectivity index (χ1v) is 7.52.